The maximum atomic E-state index is 5.67. The highest BCUT2D eigenvalue weighted by Gasteiger charge is 2.37. The number of thiocarbonyl (C=S) groups is 1. The van der Waals surface area contributed by atoms with Crippen molar-refractivity contribution in [3.8, 4) is 0 Å². The van der Waals surface area contributed by atoms with Gasteiger partial charge in [-0.2, -0.15) is 0 Å². The second-order valence-corrected chi connectivity index (χ2v) is 6.21. The Bertz CT molecular complexity index is 483. The number of likely N-dealkylation sites (tertiary alicyclic amines) is 1. The summed E-state index contributed by atoms with van der Waals surface area (Å²) in [6.45, 7) is 4.54. The topological polar surface area (TPSA) is 29.3 Å². The minimum absolute atomic E-state index is 0.491. The van der Waals surface area contributed by atoms with E-state index < -0.39 is 0 Å². The fraction of sp³-hybridized carbons (Fsp3) is 0.533. The number of rotatable bonds is 3. The molecule has 0 amide bonds. The Hall–Kier alpha value is -0.930. The van der Waals surface area contributed by atoms with E-state index in [0.29, 0.717) is 4.99 Å². The van der Waals surface area contributed by atoms with Crippen LogP contribution in [0.2, 0.25) is 0 Å². The van der Waals surface area contributed by atoms with Crippen LogP contribution in [0.1, 0.15) is 36.0 Å². The molecule has 1 aliphatic carbocycles. The molecule has 1 saturated heterocycles. The van der Waals surface area contributed by atoms with Gasteiger partial charge in [0.15, 0.2) is 0 Å². The highest BCUT2D eigenvalue weighted by Crippen LogP contribution is 2.38. The normalized spacial score (nSPS) is 26.7. The lowest BCUT2D eigenvalue weighted by atomic mass is 10.0. The van der Waals surface area contributed by atoms with Gasteiger partial charge in [-0.1, -0.05) is 24.4 Å². The van der Waals surface area contributed by atoms with Gasteiger partial charge in [0.05, 0.1) is 0 Å². The Kier molecular flexibility index (Phi) is 3.12. The molecule has 0 aromatic heterocycles. The van der Waals surface area contributed by atoms with Crippen molar-refractivity contribution < 1.29 is 0 Å². The molecule has 0 radical (unpaired) electrons. The molecule has 2 N–H and O–H groups in total. The number of benzene rings is 1. The molecule has 2 unspecified atom stereocenters. The largest absolute Gasteiger partial charge is 0.389 e. The van der Waals surface area contributed by atoms with Crippen molar-refractivity contribution in [1.82, 2.24) is 4.90 Å². The summed E-state index contributed by atoms with van der Waals surface area (Å²) >= 11 is 5.02. The minimum Gasteiger partial charge on any atom is -0.389 e. The van der Waals surface area contributed by atoms with E-state index in [2.05, 4.69) is 30.0 Å². The van der Waals surface area contributed by atoms with Crippen molar-refractivity contribution in [2.24, 2.45) is 11.7 Å². The second kappa shape index (κ2) is 4.63. The zero-order valence-electron chi connectivity index (χ0n) is 10.9. The summed E-state index contributed by atoms with van der Waals surface area (Å²) in [6.07, 6.45) is 4.26. The Balaban J connectivity index is 1.75. The number of fused-ring (bicyclic) bond motifs is 2. The minimum atomic E-state index is 0.491. The Morgan fingerprint density at radius 1 is 1.44 bits per heavy atom. The van der Waals surface area contributed by atoms with Gasteiger partial charge in [-0.25, -0.2) is 0 Å². The Labute approximate surface area is 114 Å². The van der Waals surface area contributed by atoms with E-state index in [1.165, 1.54) is 36.9 Å². The number of nitrogens with two attached hydrogens (primary N) is 1. The molecule has 18 heavy (non-hydrogen) atoms. The van der Waals surface area contributed by atoms with Crippen molar-refractivity contribution in [1.29, 1.82) is 0 Å². The molecular weight excluding hydrogens is 240 g/mol. The van der Waals surface area contributed by atoms with Crippen molar-refractivity contribution in [2.75, 3.05) is 6.54 Å². The van der Waals surface area contributed by atoms with Gasteiger partial charge in [0.25, 0.3) is 0 Å². The lowest BCUT2D eigenvalue weighted by Gasteiger charge is -2.27. The second-order valence-electron chi connectivity index (χ2n) is 5.77. The number of hydrogen-bond acceptors (Lipinski definition) is 2. The maximum absolute atomic E-state index is 5.67. The first-order valence-corrected chi connectivity index (χ1v) is 7.17. The highest BCUT2D eigenvalue weighted by molar-refractivity contribution is 7.80. The van der Waals surface area contributed by atoms with E-state index in [9.17, 15) is 0 Å². The summed E-state index contributed by atoms with van der Waals surface area (Å²) < 4.78 is 0. The standard InChI is InChI=1S/C15H20N2S/c1-10-6-12(15(16)18)3-4-13(10)9-17-8-11-2-5-14(17)7-11/h3-4,6,11,14H,2,5,7-9H2,1H3,(H2,16,18). The van der Waals surface area contributed by atoms with Crippen LogP contribution in [0.25, 0.3) is 0 Å². The molecule has 1 saturated carbocycles. The number of piperidine rings is 1. The molecule has 3 rings (SSSR count). The number of aryl methyl sites for hydroxylation is 1. The Morgan fingerprint density at radius 3 is 2.83 bits per heavy atom. The molecule has 1 heterocycles. The van der Waals surface area contributed by atoms with Crippen molar-refractivity contribution in [3.63, 3.8) is 0 Å². The summed E-state index contributed by atoms with van der Waals surface area (Å²) in [6, 6.07) is 7.20. The number of nitrogens with zero attached hydrogens (tertiary/aromatic N) is 1. The van der Waals surface area contributed by atoms with Crippen molar-refractivity contribution in [2.45, 2.75) is 38.8 Å². The number of hydrogen-bond donors (Lipinski definition) is 1. The van der Waals surface area contributed by atoms with Gasteiger partial charge in [0.1, 0.15) is 4.99 Å². The van der Waals surface area contributed by atoms with Crippen LogP contribution in [-0.2, 0) is 6.54 Å². The molecule has 0 spiro atoms. The van der Waals surface area contributed by atoms with E-state index >= 15 is 0 Å². The summed E-state index contributed by atoms with van der Waals surface area (Å²) in [7, 11) is 0. The lowest BCUT2D eigenvalue weighted by molar-refractivity contribution is 0.205. The average Bonchev–Trinajstić information content (AvgIpc) is 2.93. The molecule has 1 aromatic carbocycles. The van der Waals surface area contributed by atoms with Gasteiger partial charge in [-0.15, -0.1) is 0 Å². The molecular formula is C15H20N2S. The third-order valence-corrected chi connectivity index (χ3v) is 4.76. The smallest absolute Gasteiger partial charge is 0.103 e. The molecule has 2 nitrogen and oxygen atoms in total. The van der Waals surface area contributed by atoms with Crippen molar-refractivity contribution in [3.05, 3.63) is 34.9 Å². The van der Waals surface area contributed by atoms with Crippen LogP contribution in [0.3, 0.4) is 0 Å². The first-order valence-electron chi connectivity index (χ1n) is 6.77. The molecule has 1 aromatic rings. The van der Waals surface area contributed by atoms with Crippen LogP contribution in [0, 0.1) is 12.8 Å². The van der Waals surface area contributed by atoms with Crippen LogP contribution >= 0.6 is 12.2 Å². The zero-order valence-corrected chi connectivity index (χ0v) is 11.7. The fourth-order valence-corrected chi connectivity index (χ4v) is 3.59. The average molecular weight is 260 g/mol. The van der Waals surface area contributed by atoms with Crippen LogP contribution in [-0.4, -0.2) is 22.5 Å². The first kappa shape index (κ1) is 12.1. The SMILES string of the molecule is Cc1cc(C(N)=S)ccc1CN1CC2CCC1C2. The summed E-state index contributed by atoms with van der Waals surface area (Å²) in [5, 5.41) is 0. The molecule has 96 valence electrons. The predicted molar refractivity (Wildman–Crippen MR) is 78.6 cm³/mol. The molecule has 2 atom stereocenters. The Morgan fingerprint density at radius 2 is 2.28 bits per heavy atom. The summed E-state index contributed by atoms with van der Waals surface area (Å²) in [5.74, 6) is 0.964. The maximum Gasteiger partial charge on any atom is 0.103 e. The van der Waals surface area contributed by atoms with Gasteiger partial charge in [-0.05, 0) is 49.3 Å². The van der Waals surface area contributed by atoms with E-state index in [1.54, 1.807) is 0 Å². The van der Waals surface area contributed by atoms with Crippen LogP contribution < -0.4 is 5.73 Å². The van der Waals surface area contributed by atoms with Crippen LogP contribution in [0.15, 0.2) is 18.2 Å². The fourth-order valence-electron chi connectivity index (χ4n) is 3.47. The summed E-state index contributed by atoms with van der Waals surface area (Å²) in [5.41, 5.74) is 9.37. The predicted octanol–water partition coefficient (Wildman–Crippen LogP) is 2.61. The van der Waals surface area contributed by atoms with Gasteiger partial charge in [-0.3, -0.25) is 4.90 Å². The van der Waals surface area contributed by atoms with Gasteiger partial charge in [0, 0.05) is 24.7 Å². The molecule has 3 heteroatoms. The van der Waals surface area contributed by atoms with E-state index in [0.717, 1.165) is 24.1 Å². The zero-order chi connectivity index (χ0) is 12.7. The van der Waals surface area contributed by atoms with E-state index in [4.69, 9.17) is 18.0 Å². The monoisotopic (exact) mass is 260 g/mol. The molecule has 2 fully saturated rings. The lowest BCUT2D eigenvalue weighted by Crippen LogP contribution is -2.31. The van der Waals surface area contributed by atoms with Crippen LogP contribution in [0.4, 0.5) is 0 Å². The highest BCUT2D eigenvalue weighted by atomic mass is 32.1. The van der Waals surface area contributed by atoms with Gasteiger partial charge in [0.2, 0.25) is 0 Å². The van der Waals surface area contributed by atoms with Gasteiger partial charge >= 0.3 is 0 Å². The van der Waals surface area contributed by atoms with Crippen LogP contribution in [0.5, 0.6) is 0 Å². The molecule has 2 bridgehead atoms. The first-order chi connectivity index (χ1) is 8.63. The van der Waals surface area contributed by atoms with E-state index in [-0.39, 0.29) is 0 Å². The quantitative estimate of drug-likeness (QED) is 0.847. The summed E-state index contributed by atoms with van der Waals surface area (Å²) in [4.78, 5) is 3.14. The molecule has 1 aliphatic heterocycles. The third kappa shape index (κ3) is 2.17. The van der Waals surface area contributed by atoms with Crippen molar-refractivity contribution >= 4 is 17.2 Å². The van der Waals surface area contributed by atoms with Gasteiger partial charge < -0.3 is 5.73 Å². The third-order valence-electron chi connectivity index (χ3n) is 4.52. The van der Waals surface area contributed by atoms with E-state index in [1.807, 2.05) is 0 Å². The molecule has 2 aliphatic rings.